The lowest BCUT2D eigenvalue weighted by atomic mass is 10.1. The van der Waals surface area contributed by atoms with Gasteiger partial charge in [0, 0.05) is 5.56 Å². The fourth-order valence-electron chi connectivity index (χ4n) is 2.43. The summed E-state index contributed by atoms with van der Waals surface area (Å²) in [5.74, 6) is 0.691. The zero-order chi connectivity index (χ0) is 19.2. The normalized spacial score (nSPS) is 9.56. The number of benzene rings is 2. The maximum atomic E-state index is 9.24. The summed E-state index contributed by atoms with van der Waals surface area (Å²) in [5, 5.41) is 34.0. The van der Waals surface area contributed by atoms with Crippen molar-refractivity contribution in [2.45, 2.75) is 6.92 Å². The minimum Gasteiger partial charge on any atom is -0.344 e. The SMILES string of the molecule is Cc1cccc(-c2noc(-c3ccccc3NC(C#N)=C(C#N)C#N)n2)c1. The van der Waals surface area contributed by atoms with E-state index < -0.39 is 0 Å². The first-order chi connectivity index (χ1) is 13.2. The van der Waals surface area contributed by atoms with Crippen molar-refractivity contribution >= 4 is 5.69 Å². The Morgan fingerprint density at radius 2 is 1.78 bits per heavy atom. The Balaban J connectivity index is 2.01. The third-order valence-electron chi connectivity index (χ3n) is 3.70. The van der Waals surface area contributed by atoms with E-state index in [9.17, 15) is 5.26 Å². The van der Waals surface area contributed by atoms with Crippen LogP contribution in [0.25, 0.3) is 22.8 Å². The summed E-state index contributed by atoms with van der Waals surface area (Å²) in [7, 11) is 0. The highest BCUT2D eigenvalue weighted by atomic mass is 16.5. The Kier molecular flexibility index (Phi) is 4.93. The Hall–Kier alpha value is -4.41. The molecule has 0 bridgehead atoms. The molecule has 2 aromatic carbocycles. The number of allylic oxidation sites excluding steroid dienone is 2. The van der Waals surface area contributed by atoms with Gasteiger partial charge < -0.3 is 9.84 Å². The van der Waals surface area contributed by atoms with Gasteiger partial charge in [-0.1, -0.05) is 41.1 Å². The van der Waals surface area contributed by atoms with Gasteiger partial charge in [0.05, 0.1) is 11.3 Å². The molecule has 0 radical (unpaired) electrons. The summed E-state index contributed by atoms with van der Waals surface area (Å²) >= 11 is 0. The van der Waals surface area contributed by atoms with Crippen LogP contribution in [0, 0.1) is 40.9 Å². The maximum Gasteiger partial charge on any atom is 0.260 e. The summed E-state index contributed by atoms with van der Waals surface area (Å²) in [6.07, 6.45) is 0. The number of para-hydroxylation sites is 1. The van der Waals surface area contributed by atoms with Crippen LogP contribution in [0.2, 0.25) is 0 Å². The van der Waals surface area contributed by atoms with Crippen molar-refractivity contribution in [2.24, 2.45) is 0 Å². The van der Waals surface area contributed by atoms with E-state index in [-0.39, 0.29) is 17.2 Å². The van der Waals surface area contributed by atoms with Crippen LogP contribution in [0.5, 0.6) is 0 Å². The number of nitriles is 3. The number of aryl methyl sites for hydroxylation is 1. The van der Waals surface area contributed by atoms with Crippen LogP contribution >= 0.6 is 0 Å². The highest BCUT2D eigenvalue weighted by molar-refractivity contribution is 5.76. The molecule has 0 aliphatic carbocycles. The van der Waals surface area contributed by atoms with Gasteiger partial charge in [-0.05, 0) is 25.1 Å². The van der Waals surface area contributed by atoms with Crippen LogP contribution in [0.3, 0.4) is 0 Å². The lowest BCUT2D eigenvalue weighted by Gasteiger charge is -2.08. The van der Waals surface area contributed by atoms with Crippen LogP contribution in [-0.4, -0.2) is 10.1 Å². The summed E-state index contributed by atoms with van der Waals surface area (Å²) in [5.41, 5.74) is 2.46. The third-order valence-corrected chi connectivity index (χ3v) is 3.70. The molecule has 1 N–H and O–H groups in total. The third kappa shape index (κ3) is 3.66. The molecule has 0 saturated carbocycles. The van der Waals surface area contributed by atoms with Crippen LogP contribution in [0.1, 0.15) is 5.56 Å². The van der Waals surface area contributed by atoms with Crippen LogP contribution in [0.4, 0.5) is 5.69 Å². The van der Waals surface area contributed by atoms with E-state index >= 15 is 0 Å². The van der Waals surface area contributed by atoms with E-state index in [0.717, 1.165) is 11.1 Å². The molecule has 1 heterocycles. The van der Waals surface area contributed by atoms with Crippen molar-refractivity contribution in [1.29, 1.82) is 15.8 Å². The molecule has 7 heteroatoms. The minimum atomic E-state index is -0.307. The Morgan fingerprint density at radius 3 is 2.48 bits per heavy atom. The molecule has 3 rings (SSSR count). The molecule has 27 heavy (non-hydrogen) atoms. The second kappa shape index (κ2) is 7.65. The first-order valence-corrected chi connectivity index (χ1v) is 7.88. The Morgan fingerprint density at radius 1 is 1.00 bits per heavy atom. The quantitative estimate of drug-likeness (QED) is 0.705. The van der Waals surface area contributed by atoms with E-state index in [2.05, 4.69) is 15.5 Å². The molecule has 0 fully saturated rings. The van der Waals surface area contributed by atoms with Gasteiger partial charge >= 0.3 is 0 Å². The maximum absolute atomic E-state index is 9.24. The molecule has 7 nitrogen and oxygen atoms in total. The number of aromatic nitrogens is 2. The first kappa shape index (κ1) is 17.4. The van der Waals surface area contributed by atoms with Gasteiger partial charge in [0.15, 0.2) is 5.57 Å². The van der Waals surface area contributed by atoms with Crippen molar-refractivity contribution in [3.63, 3.8) is 0 Å². The van der Waals surface area contributed by atoms with Crippen LogP contribution in [0.15, 0.2) is 64.3 Å². The van der Waals surface area contributed by atoms with Gasteiger partial charge in [-0.3, -0.25) is 0 Å². The van der Waals surface area contributed by atoms with Gasteiger partial charge in [0.2, 0.25) is 5.82 Å². The summed E-state index contributed by atoms with van der Waals surface area (Å²) in [6, 6.07) is 19.9. The van der Waals surface area contributed by atoms with Crippen molar-refractivity contribution in [3.05, 3.63) is 65.4 Å². The number of hydrogen-bond acceptors (Lipinski definition) is 7. The van der Waals surface area contributed by atoms with Gasteiger partial charge in [0.1, 0.15) is 23.9 Å². The highest BCUT2D eigenvalue weighted by Crippen LogP contribution is 2.29. The van der Waals surface area contributed by atoms with Crippen molar-refractivity contribution in [3.8, 4) is 41.0 Å². The molecule has 0 spiro atoms. The average molecular weight is 352 g/mol. The molecule has 0 aliphatic heterocycles. The lowest BCUT2D eigenvalue weighted by molar-refractivity contribution is 0.432. The smallest absolute Gasteiger partial charge is 0.260 e. The molecule has 128 valence electrons. The number of rotatable bonds is 4. The number of nitrogens with zero attached hydrogens (tertiary/aromatic N) is 5. The second-order valence-electron chi connectivity index (χ2n) is 5.55. The van der Waals surface area contributed by atoms with Gasteiger partial charge in [-0.2, -0.15) is 20.8 Å². The monoisotopic (exact) mass is 352 g/mol. The zero-order valence-electron chi connectivity index (χ0n) is 14.3. The first-order valence-electron chi connectivity index (χ1n) is 7.88. The average Bonchev–Trinajstić information content (AvgIpc) is 3.18. The van der Waals surface area contributed by atoms with Crippen molar-refractivity contribution in [2.75, 3.05) is 5.32 Å². The number of anilines is 1. The molecule has 0 aliphatic rings. The highest BCUT2D eigenvalue weighted by Gasteiger charge is 2.16. The van der Waals surface area contributed by atoms with E-state index in [1.165, 1.54) is 0 Å². The fourth-order valence-corrected chi connectivity index (χ4v) is 2.43. The topological polar surface area (TPSA) is 122 Å². The fraction of sp³-hybridized carbons (Fsp3) is 0.0500. The van der Waals surface area contributed by atoms with E-state index in [1.54, 1.807) is 36.4 Å². The molecule has 0 saturated heterocycles. The van der Waals surface area contributed by atoms with E-state index in [4.69, 9.17) is 15.0 Å². The largest absolute Gasteiger partial charge is 0.344 e. The summed E-state index contributed by atoms with van der Waals surface area (Å²) in [6.45, 7) is 1.97. The number of nitrogens with one attached hydrogen (secondary N) is 1. The van der Waals surface area contributed by atoms with E-state index in [1.807, 2.05) is 37.3 Å². The van der Waals surface area contributed by atoms with Gasteiger partial charge in [-0.15, -0.1) is 0 Å². The minimum absolute atomic E-state index is 0.147. The van der Waals surface area contributed by atoms with E-state index in [0.29, 0.717) is 17.1 Å². The lowest BCUT2D eigenvalue weighted by Crippen LogP contribution is -2.02. The molecule has 0 amide bonds. The van der Waals surface area contributed by atoms with Crippen LogP contribution in [-0.2, 0) is 0 Å². The second-order valence-corrected chi connectivity index (χ2v) is 5.55. The van der Waals surface area contributed by atoms with Gasteiger partial charge in [-0.25, -0.2) is 0 Å². The number of hydrogen-bond donors (Lipinski definition) is 1. The van der Waals surface area contributed by atoms with Crippen molar-refractivity contribution in [1.82, 2.24) is 10.1 Å². The Bertz CT molecular complexity index is 1140. The predicted octanol–water partition coefficient (Wildman–Crippen LogP) is 3.95. The summed E-state index contributed by atoms with van der Waals surface area (Å²) in [4.78, 5) is 4.42. The molecule has 0 unspecified atom stereocenters. The molecular formula is C20H12N6O. The molecule has 0 atom stereocenters. The van der Waals surface area contributed by atoms with Gasteiger partial charge in [0.25, 0.3) is 5.89 Å². The zero-order valence-corrected chi connectivity index (χ0v) is 14.3. The van der Waals surface area contributed by atoms with Crippen LogP contribution < -0.4 is 5.32 Å². The predicted molar refractivity (Wildman–Crippen MR) is 97.4 cm³/mol. The summed E-state index contributed by atoms with van der Waals surface area (Å²) < 4.78 is 5.38. The Labute approximate surface area is 155 Å². The molecule has 3 aromatic rings. The van der Waals surface area contributed by atoms with Crippen molar-refractivity contribution < 1.29 is 4.52 Å². The molecule has 1 aromatic heterocycles. The standard InChI is InChI=1S/C20H12N6O/c1-13-5-4-6-14(9-13)19-25-20(27-26-19)16-7-2-3-8-17(16)24-18(12-23)15(10-21)11-22/h2-9,24H,1H3. The molecular weight excluding hydrogens is 340 g/mol.